The normalized spacial score (nSPS) is 26.9. The van der Waals surface area contributed by atoms with Gasteiger partial charge >= 0.3 is 6.09 Å². The van der Waals surface area contributed by atoms with E-state index in [9.17, 15) is 4.79 Å². The smallest absolute Gasteiger partial charge is 0.407 e. The minimum atomic E-state index is -0.941. The molecule has 1 aliphatic heterocycles. The molecule has 1 rings (SSSR count). The second-order valence-corrected chi connectivity index (χ2v) is 3.65. The van der Waals surface area contributed by atoms with E-state index in [0.29, 0.717) is 19.1 Å². The third kappa shape index (κ3) is 2.59. The van der Waals surface area contributed by atoms with E-state index in [-0.39, 0.29) is 12.6 Å². The van der Waals surface area contributed by atoms with Gasteiger partial charge in [0.05, 0.1) is 12.6 Å². The molecule has 0 spiro atoms. The number of methoxy groups -OCH3 is 1. The van der Waals surface area contributed by atoms with Crippen LogP contribution < -0.4 is 0 Å². The van der Waals surface area contributed by atoms with Crippen LogP contribution in [0.5, 0.6) is 0 Å². The molecule has 0 radical (unpaired) electrons. The van der Waals surface area contributed by atoms with Crippen molar-refractivity contribution in [2.75, 3.05) is 26.9 Å². The van der Waals surface area contributed by atoms with Gasteiger partial charge in [0.1, 0.15) is 0 Å². The molecule has 0 aliphatic carbocycles. The van der Waals surface area contributed by atoms with Gasteiger partial charge in [-0.1, -0.05) is 0 Å². The first-order valence-electron chi connectivity index (χ1n) is 4.78. The Morgan fingerprint density at radius 3 is 2.79 bits per heavy atom. The van der Waals surface area contributed by atoms with E-state index >= 15 is 0 Å². The van der Waals surface area contributed by atoms with Crippen LogP contribution in [0.1, 0.15) is 12.8 Å². The first kappa shape index (κ1) is 11.3. The number of amides is 1. The minimum Gasteiger partial charge on any atom is -0.465 e. The Morgan fingerprint density at radius 1 is 1.64 bits per heavy atom. The average molecular weight is 203 g/mol. The third-order valence-corrected chi connectivity index (χ3v) is 2.69. The summed E-state index contributed by atoms with van der Waals surface area (Å²) in [6.45, 7) is 1.08. The number of rotatable bonds is 4. The predicted molar refractivity (Wildman–Crippen MR) is 50.2 cm³/mol. The summed E-state index contributed by atoms with van der Waals surface area (Å²) in [6, 6.07) is -0.227. The highest BCUT2D eigenvalue weighted by molar-refractivity contribution is 5.65. The zero-order chi connectivity index (χ0) is 10.6. The van der Waals surface area contributed by atoms with Gasteiger partial charge in [0.25, 0.3) is 0 Å². The molecule has 0 aromatic rings. The first-order valence-corrected chi connectivity index (χ1v) is 4.78. The Hall–Kier alpha value is -0.810. The Bertz CT molecular complexity index is 197. The number of hydrogen-bond acceptors (Lipinski definition) is 3. The van der Waals surface area contributed by atoms with Crippen molar-refractivity contribution >= 4 is 6.09 Å². The Morgan fingerprint density at radius 2 is 2.36 bits per heavy atom. The van der Waals surface area contributed by atoms with Crippen LogP contribution in [0.25, 0.3) is 0 Å². The van der Waals surface area contributed by atoms with Crippen LogP contribution in [0.15, 0.2) is 0 Å². The van der Waals surface area contributed by atoms with Gasteiger partial charge in [0, 0.05) is 20.3 Å². The van der Waals surface area contributed by atoms with Gasteiger partial charge in [-0.3, -0.25) is 0 Å². The summed E-state index contributed by atoms with van der Waals surface area (Å²) in [5.41, 5.74) is 0. The SMILES string of the molecule is COCCC1C[C@@H](CO)N(C(=O)O)C1. The number of aliphatic hydroxyl groups excluding tert-OH is 1. The summed E-state index contributed by atoms with van der Waals surface area (Å²) in [7, 11) is 1.63. The Balaban J connectivity index is 2.43. The van der Waals surface area contributed by atoms with Crippen LogP contribution in [0.3, 0.4) is 0 Å². The molecule has 0 aromatic heterocycles. The molecule has 1 amide bonds. The summed E-state index contributed by atoms with van der Waals surface area (Å²) in [5, 5.41) is 17.8. The molecule has 1 heterocycles. The quantitative estimate of drug-likeness (QED) is 0.693. The van der Waals surface area contributed by atoms with Crippen molar-refractivity contribution in [3.8, 4) is 0 Å². The fourth-order valence-electron chi connectivity index (χ4n) is 1.91. The molecule has 0 aromatic carbocycles. The lowest BCUT2D eigenvalue weighted by molar-refractivity contribution is 0.117. The third-order valence-electron chi connectivity index (χ3n) is 2.69. The van der Waals surface area contributed by atoms with E-state index in [1.54, 1.807) is 7.11 Å². The van der Waals surface area contributed by atoms with Crippen molar-refractivity contribution < 1.29 is 19.7 Å². The van der Waals surface area contributed by atoms with E-state index < -0.39 is 6.09 Å². The molecule has 5 nitrogen and oxygen atoms in total. The molecule has 2 atom stereocenters. The van der Waals surface area contributed by atoms with Gasteiger partial charge in [-0.25, -0.2) is 4.79 Å². The van der Waals surface area contributed by atoms with Gasteiger partial charge in [0.2, 0.25) is 0 Å². The number of carboxylic acid groups (broad SMARTS) is 1. The highest BCUT2D eigenvalue weighted by Crippen LogP contribution is 2.25. The summed E-state index contributed by atoms with van der Waals surface area (Å²) >= 11 is 0. The fourth-order valence-corrected chi connectivity index (χ4v) is 1.91. The predicted octanol–water partition coefficient (Wildman–Crippen LogP) is 0.384. The highest BCUT2D eigenvalue weighted by atomic mass is 16.5. The first-order chi connectivity index (χ1) is 6.69. The average Bonchev–Trinajstić information content (AvgIpc) is 2.57. The van der Waals surface area contributed by atoms with E-state index in [2.05, 4.69) is 0 Å². The monoisotopic (exact) mass is 203 g/mol. The van der Waals surface area contributed by atoms with Crippen molar-refractivity contribution in [1.82, 2.24) is 4.90 Å². The molecule has 2 N–H and O–H groups in total. The molecule has 0 saturated carbocycles. The van der Waals surface area contributed by atoms with E-state index in [4.69, 9.17) is 14.9 Å². The van der Waals surface area contributed by atoms with Crippen LogP contribution in [-0.4, -0.2) is 54.1 Å². The Kier molecular flexibility index (Phi) is 4.16. The molecule has 14 heavy (non-hydrogen) atoms. The number of aliphatic hydroxyl groups is 1. The maximum absolute atomic E-state index is 10.8. The second kappa shape index (κ2) is 5.17. The van der Waals surface area contributed by atoms with Crippen LogP contribution >= 0.6 is 0 Å². The van der Waals surface area contributed by atoms with E-state index in [1.165, 1.54) is 4.90 Å². The van der Waals surface area contributed by atoms with E-state index in [0.717, 1.165) is 12.8 Å². The maximum Gasteiger partial charge on any atom is 0.407 e. The minimum absolute atomic E-state index is 0.0875. The molecule has 82 valence electrons. The standard InChI is InChI=1S/C9H17NO4/c1-14-3-2-7-4-8(6-11)10(5-7)9(12)13/h7-8,11H,2-6H2,1H3,(H,12,13)/t7?,8-/m0/s1. The van der Waals surface area contributed by atoms with Gasteiger partial charge in [-0.05, 0) is 18.8 Å². The largest absolute Gasteiger partial charge is 0.465 e. The molecule has 1 saturated heterocycles. The molecular formula is C9H17NO4. The topological polar surface area (TPSA) is 70.0 Å². The zero-order valence-corrected chi connectivity index (χ0v) is 8.35. The van der Waals surface area contributed by atoms with Crippen molar-refractivity contribution in [2.24, 2.45) is 5.92 Å². The summed E-state index contributed by atoms with van der Waals surface area (Å²) < 4.78 is 4.94. The number of likely N-dealkylation sites (tertiary alicyclic amines) is 1. The number of ether oxygens (including phenoxy) is 1. The summed E-state index contributed by atoms with van der Waals surface area (Å²) in [5.74, 6) is 0.322. The van der Waals surface area contributed by atoms with Crippen LogP contribution in [-0.2, 0) is 4.74 Å². The number of hydrogen-bond donors (Lipinski definition) is 2. The number of nitrogens with zero attached hydrogens (tertiary/aromatic N) is 1. The fraction of sp³-hybridized carbons (Fsp3) is 0.889. The van der Waals surface area contributed by atoms with Gasteiger partial charge in [-0.2, -0.15) is 0 Å². The highest BCUT2D eigenvalue weighted by Gasteiger charge is 2.34. The van der Waals surface area contributed by atoms with E-state index in [1.807, 2.05) is 0 Å². The van der Waals surface area contributed by atoms with Crippen molar-refractivity contribution in [1.29, 1.82) is 0 Å². The van der Waals surface area contributed by atoms with Crippen molar-refractivity contribution in [3.05, 3.63) is 0 Å². The zero-order valence-electron chi connectivity index (χ0n) is 8.35. The lowest BCUT2D eigenvalue weighted by Crippen LogP contribution is -2.36. The molecule has 0 bridgehead atoms. The molecule has 1 aliphatic rings. The van der Waals surface area contributed by atoms with Crippen LogP contribution in [0.4, 0.5) is 4.79 Å². The van der Waals surface area contributed by atoms with Crippen LogP contribution in [0.2, 0.25) is 0 Å². The molecule has 1 unspecified atom stereocenters. The summed E-state index contributed by atoms with van der Waals surface area (Å²) in [4.78, 5) is 12.1. The molecule has 1 fully saturated rings. The number of carbonyl (C=O) groups is 1. The Labute approximate surface area is 83.3 Å². The van der Waals surface area contributed by atoms with Crippen molar-refractivity contribution in [3.63, 3.8) is 0 Å². The molecule has 5 heteroatoms. The van der Waals surface area contributed by atoms with Gasteiger partial charge in [0.15, 0.2) is 0 Å². The van der Waals surface area contributed by atoms with Crippen LogP contribution in [0, 0.1) is 5.92 Å². The maximum atomic E-state index is 10.8. The van der Waals surface area contributed by atoms with Crippen molar-refractivity contribution in [2.45, 2.75) is 18.9 Å². The molecular weight excluding hydrogens is 186 g/mol. The lowest BCUT2D eigenvalue weighted by Gasteiger charge is -2.18. The lowest BCUT2D eigenvalue weighted by atomic mass is 10.0. The van der Waals surface area contributed by atoms with Gasteiger partial charge < -0.3 is 19.8 Å². The second-order valence-electron chi connectivity index (χ2n) is 3.65. The van der Waals surface area contributed by atoms with Gasteiger partial charge in [-0.15, -0.1) is 0 Å². The summed E-state index contributed by atoms with van der Waals surface area (Å²) in [6.07, 6.45) is 0.659.